The number of hydrogen-bond acceptors (Lipinski definition) is 5. The van der Waals surface area contributed by atoms with Crippen molar-refractivity contribution < 1.29 is 12.8 Å². The maximum atomic E-state index is 12.7. The van der Waals surface area contributed by atoms with E-state index in [-0.39, 0.29) is 10.8 Å². The largest absolute Gasteiger partial charge is 0.416 e. The van der Waals surface area contributed by atoms with Gasteiger partial charge in [-0.25, -0.2) is 0 Å². The molecule has 0 aliphatic rings. The van der Waals surface area contributed by atoms with Gasteiger partial charge in [-0.2, -0.15) is 8.42 Å². The fourth-order valence-electron chi connectivity index (χ4n) is 2.47. The molecule has 2 aromatic carbocycles. The number of aromatic nitrogens is 2. The molecule has 1 heterocycles. The second-order valence-electron chi connectivity index (χ2n) is 5.69. The molecule has 8 heteroatoms. The van der Waals surface area contributed by atoms with Crippen LogP contribution in [0.3, 0.4) is 0 Å². The smallest absolute Gasteiger partial charge is 0.284 e. The van der Waals surface area contributed by atoms with E-state index in [9.17, 15) is 8.42 Å². The Bertz CT molecular complexity index is 1030. The van der Waals surface area contributed by atoms with Crippen molar-refractivity contribution in [2.24, 2.45) is 4.40 Å². The predicted molar refractivity (Wildman–Crippen MR) is 104 cm³/mol. The first-order valence-electron chi connectivity index (χ1n) is 8.58. The van der Waals surface area contributed by atoms with Crippen LogP contribution in [0.2, 0.25) is 0 Å². The van der Waals surface area contributed by atoms with Gasteiger partial charge < -0.3 is 9.32 Å². The molecule has 140 valence electrons. The molecule has 3 rings (SSSR count). The van der Waals surface area contributed by atoms with Crippen LogP contribution in [0.15, 0.2) is 68.3 Å². The molecule has 0 radical (unpaired) electrons. The molecule has 1 aromatic heterocycles. The molecule has 0 N–H and O–H groups in total. The summed E-state index contributed by atoms with van der Waals surface area (Å²) >= 11 is 0. The lowest BCUT2D eigenvalue weighted by atomic mass is 10.2. The van der Waals surface area contributed by atoms with Crippen molar-refractivity contribution >= 4 is 16.4 Å². The molecule has 0 saturated heterocycles. The van der Waals surface area contributed by atoms with Crippen molar-refractivity contribution in [1.29, 1.82) is 0 Å². The van der Waals surface area contributed by atoms with Gasteiger partial charge in [0.2, 0.25) is 11.8 Å². The van der Waals surface area contributed by atoms with Crippen LogP contribution in [-0.2, 0) is 10.0 Å². The standard InChI is InChI=1S/C19H20N4O3S/c1-3-23(4-2)14-20-27(24,25)17-13-9-8-12-16(17)19-22-21-18(26-19)15-10-6-5-7-11-15/h5-14H,3-4H2,1-2H3/b20-14+. The third kappa shape index (κ3) is 4.22. The van der Waals surface area contributed by atoms with Gasteiger partial charge in [0.1, 0.15) is 11.2 Å². The summed E-state index contributed by atoms with van der Waals surface area (Å²) in [5, 5.41) is 8.05. The van der Waals surface area contributed by atoms with E-state index in [1.165, 1.54) is 12.4 Å². The monoisotopic (exact) mass is 384 g/mol. The Kier molecular flexibility index (Phi) is 5.66. The summed E-state index contributed by atoms with van der Waals surface area (Å²) in [6.45, 7) is 5.20. The van der Waals surface area contributed by atoms with E-state index in [0.717, 1.165) is 5.56 Å². The molecule has 27 heavy (non-hydrogen) atoms. The van der Waals surface area contributed by atoms with Crippen LogP contribution in [0.1, 0.15) is 13.8 Å². The lowest BCUT2D eigenvalue weighted by Crippen LogP contribution is -2.21. The van der Waals surface area contributed by atoms with Crippen molar-refractivity contribution in [3.8, 4) is 22.9 Å². The summed E-state index contributed by atoms with van der Waals surface area (Å²) in [5.74, 6) is 0.454. The van der Waals surface area contributed by atoms with Gasteiger partial charge >= 0.3 is 0 Å². The number of nitrogens with zero attached hydrogens (tertiary/aromatic N) is 4. The Balaban J connectivity index is 1.99. The fraction of sp³-hybridized carbons (Fsp3) is 0.211. The van der Waals surface area contributed by atoms with Gasteiger partial charge in [-0.15, -0.1) is 14.6 Å². The molecule has 0 aliphatic heterocycles. The van der Waals surface area contributed by atoms with Gasteiger partial charge in [-0.1, -0.05) is 30.3 Å². The Morgan fingerprint density at radius 2 is 1.59 bits per heavy atom. The van der Waals surface area contributed by atoms with E-state index in [2.05, 4.69) is 14.6 Å². The van der Waals surface area contributed by atoms with E-state index < -0.39 is 10.0 Å². The highest BCUT2D eigenvalue weighted by Crippen LogP contribution is 2.29. The maximum Gasteiger partial charge on any atom is 0.284 e. The first-order valence-corrected chi connectivity index (χ1v) is 10.0. The molecule has 0 aliphatic carbocycles. The number of benzene rings is 2. The third-order valence-electron chi connectivity index (χ3n) is 4.00. The van der Waals surface area contributed by atoms with Crippen molar-refractivity contribution in [2.75, 3.05) is 13.1 Å². The minimum atomic E-state index is -3.91. The van der Waals surface area contributed by atoms with E-state index in [1.54, 1.807) is 23.1 Å². The third-order valence-corrected chi connectivity index (χ3v) is 5.29. The first kappa shape index (κ1) is 18.8. The molecule has 0 bridgehead atoms. The number of hydrogen-bond donors (Lipinski definition) is 0. The fourth-order valence-corrected chi connectivity index (χ4v) is 3.52. The second kappa shape index (κ2) is 8.13. The summed E-state index contributed by atoms with van der Waals surface area (Å²) in [4.78, 5) is 1.82. The van der Waals surface area contributed by atoms with Gasteiger partial charge in [-0.3, -0.25) is 0 Å². The highest BCUT2D eigenvalue weighted by atomic mass is 32.2. The molecular weight excluding hydrogens is 364 g/mol. The average Bonchev–Trinajstić information content (AvgIpc) is 3.19. The van der Waals surface area contributed by atoms with E-state index in [1.807, 2.05) is 44.2 Å². The SMILES string of the molecule is CCN(/C=N/S(=O)(=O)c1ccccc1-c1nnc(-c2ccccc2)o1)CC. The zero-order valence-corrected chi connectivity index (χ0v) is 15.9. The minimum Gasteiger partial charge on any atom is -0.416 e. The molecule has 0 unspecified atom stereocenters. The van der Waals surface area contributed by atoms with Gasteiger partial charge in [0.05, 0.1) is 5.56 Å². The molecule has 3 aromatic rings. The molecule has 0 saturated carbocycles. The predicted octanol–water partition coefficient (Wildman–Crippen LogP) is 3.46. The average molecular weight is 384 g/mol. The Morgan fingerprint density at radius 1 is 0.963 bits per heavy atom. The van der Waals surface area contributed by atoms with Gasteiger partial charge in [-0.05, 0) is 38.1 Å². The summed E-state index contributed by atoms with van der Waals surface area (Å²) in [6.07, 6.45) is 1.34. The van der Waals surface area contributed by atoms with Crippen LogP contribution < -0.4 is 0 Å². The van der Waals surface area contributed by atoms with Crippen LogP contribution in [-0.4, -0.2) is 42.9 Å². The normalized spacial score (nSPS) is 11.8. The topological polar surface area (TPSA) is 88.7 Å². The first-order chi connectivity index (χ1) is 13.0. The highest BCUT2D eigenvalue weighted by Gasteiger charge is 2.22. The zero-order valence-electron chi connectivity index (χ0n) is 15.1. The van der Waals surface area contributed by atoms with E-state index in [0.29, 0.717) is 24.5 Å². The molecule has 0 amide bonds. The van der Waals surface area contributed by atoms with Gasteiger partial charge in [0.15, 0.2) is 0 Å². The van der Waals surface area contributed by atoms with Crippen molar-refractivity contribution in [3.63, 3.8) is 0 Å². The van der Waals surface area contributed by atoms with Crippen molar-refractivity contribution in [2.45, 2.75) is 18.7 Å². The summed E-state index contributed by atoms with van der Waals surface area (Å²) in [7, 11) is -3.91. The zero-order chi connectivity index (χ0) is 19.3. The second-order valence-corrected chi connectivity index (χ2v) is 7.29. The molecule has 0 fully saturated rings. The molecule has 7 nitrogen and oxygen atoms in total. The quantitative estimate of drug-likeness (QED) is 0.458. The van der Waals surface area contributed by atoms with E-state index >= 15 is 0 Å². The highest BCUT2D eigenvalue weighted by molar-refractivity contribution is 7.90. The van der Waals surface area contributed by atoms with Crippen molar-refractivity contribution in [3.05, 3.63) is 54.6 Å². The van der Waals surface area contributed by atoms with Crippen LogP contribution in [0, 0.1) is 0 Å². The van der Waals surface area contributed by atoms with Gasteiger partial charge in [0, 0.05) is 18.7 Å². The number of rotatable bonds is 7. The lowest BCUT2D eigenvalue weighted by molar-refractivity contribution is 0.480. The minimum absolute atomic E-state index is 0.0247. The van der Waals surface area contributed by atoms with E-state index in [4.69, 9.17) is 4.42 Å². The molecule has 0 atom stereocenters. The Labute approximate surface area is 158 Å². The molecule has 0 spiro atoms. The summed E-state index contributed by atoms with van der Waals surface area (Å²) in [5.41, 5.74) is 1.08. The molecular formula is C19H20N4O3S. The van der Waals surface area contributed by atoms with Crippen molar-refractivity contribution in [1.82, 2.24) is 15.1 Å². The van der Waals surface area contributed by atoms with Gasteiger partial charge in [0.25, 0.3) is 10.0 Å². The number of sulfonamides is 1. The van der Waals surface area contributed by atoms with Crippen LogP contribution in [0.5, 0.6) is 0 Å². The summed E-state index contributed by atoms with van der Waals surface area (Å²) < 4.78 is 35.0. The Morgan fingerprint density at radius 3 is 2.30 bits per heavy atom. The lowest BCUT2D eigenvalue weighted by Gasteiger charge is -2.13. The summed E-state index contributed by atoms with van der Waals surface area (Å²) in [6, 6.07) is 15.8. The van der Waals surface area contributed by atoms with Crippen LogP contribution in [0.4, 0.5) is 0 Å². The maximum absolute atomic E-state index is 12.7. The Hall–Kier alpha value is -3.00. The van der Waals surface area contributed by atoms with Crippen LogP contribution >= 0.6 is 0 Å². The van der Waals surface area contributed by atoms with Crippen LogP contribution in [0.25, 0.3) is 22.9 Å².